The van der Waals surface area contributed by atoms with Crippen LogP contribution in [0.15, 0.2) is 30.3 Å². The van der Waals surface area contributed by atoms with Crippen molar-refractivity contribution < 1.29 is 24.9 Å². The maximum Gasteiger partial charge on any atom is 0.413 e. The highest BCUT2D eigenvalue weighted by Gasteiger charge is 2.42. The molecular formula is C18H19N5O5. The number of nitrogens with zero attached hydrogens (tertiary/aromatic N) is 5. The number of para-hydroxylation sites is 1. The lowest BCUT2D eigenvalue weighted by Crippen LogP contribution is -2.64. The van der Waals surface area contributed by atoms with Gasteiger partial charge in [-0.25, -0.2) is 9.59 Å². The second kappa shape index (κ2) is 6.55. The fourth-order valence-electron chi connectivity index (χ4n) is 3.82. The number of benzene rings is 1. The number of aromatic nitrogens is 2. The number of amides is 2. The van der Waals surface area contributed by atoms with E-state index in [4.69, 9.17) is 0 Å². The number of aromatic hydroxyl groups is 1. The number of hydrogen-bond donors (Lipinski definition) is 3. The van der Waals surface area contributed by atoms with Gasteiger partial charge in [0, 0.05) is 24.7 Å². The zero-order chi connectivity index (χ0) is 20.0. The molecule has 1 saturated heterocycles. The topological polar surface area (TPSA) is 130 Å². The van der Waals surface area contributed by atoms with Crippen LogP contribution in [-0.4, -0.2) is 74.3 Å². The average molecular weight is 385 g/mol. The molecule has 1 aromatic heterocycles. The highest BCUT2D eigenvalue weighted by atomic mass is 16.4. The van der Waals surface area contributed by atoms with Crippen molar-refractivity contribution in [1.29, 1.82) is 0 Å². The molecule has 0 spiro atoms. The zero-order valence-electron chi connectivity index (χ0n) is 15.1. The number of anilines is 2. The van der Waals surface area contributed by atoms with Crippen molar-refractivity contribution in [2.45, 2.75) is 19.0 Å². The number of phenols is 1. The smallest absolute Gasteiger partial charge is 0.413 e. The molecule has 2 aromatic rings. The molecule has 3 N–H and O–H groups in total. The van der Waals surface area contributed by atoms with Gasteiger partial charge in [0.15, 0.2) is 5.82 Å². The van der Waals surface area contributed by atoms with Crippen LogP contribution in [0, 0.1) is 0 Å². The van der Waals surface area contributed by atoms with E-state index in [-0.39, 0.29) is 36.7 Å². The van der Waals surface area contributed by atoms with Gasteiger partial charge in [-0.3, -0.25) is 4.90 Å². The minimum absolute atomic E-state index is 0.0447. The molecule has 2 amide bonds. The van der Waals surface area contributed by atoms with Crippen LogP contribution in [0.3, 0.4) is 0 Å². The second-order valence-electron chi connectivity index (χ2n) is 6.94. The number of piperazine rings is 1. The van der Waals surface area contributed by atoms with Gasteiger partial charge in [0.25, 0.3) is 0 Å². The fourth-order valence-corrected chi connectivity index (χ4v) is 3.82. The number of hydrogen-bond acceptors (Lipinski definition) is 6. The molecule has 4 rings (SSSR count). The van der Waals surface area contributed by atoms with Crippen LogP contribution in [0.2, 0.25) is 0 Å². The maximum atomic E-state index is 11.8. The monoisotopic (exact) mass is 385 g/mol. The third-order valence-corrected chi connectivity index (χ3v) is 5.21. The Kier molecular flexibility index (Phi) is 4.17. The SMILES string of the molecule is C[C@H]1CN2c3cc(-c4ccccc4O)nnc3N(C(=O)O)C[C@H]2CN1C(=O)O. The molecule has 0 radical (unpaired) electrons. The van der Waals surface area contributed by atoms with Crippen molar-refractivity contribution in [2.24, 2.45) is 0 Å². The quantitative estimate of drug-likeness (QED) is 0.678. The van der Waals surface area contributed by atoms with E-state index < -0.39 is 12.2 Å². The molecule has 28 heavy (non-hydrogen) atoms. The number of fused-ring (bicyclic) bond motifs is 3. The molecular weight excluding hydrogens is 366 g/mol. The Hall–Kier alpha value is -3.56. The Morgan fingerprint density at radius 1 is 1.07 bits per heavy atom. The number of carbonyl (C=O) groups is 2. The Labute approximate surface area is 160 Å². The first kappa shape index (κ1) is 17.8. The zero-order valence-corrected chi connectivity index (χ0v) is 15.1. The summed E-state index contributed by atoms with van der Waals surface area (Å²) in [7, 11) is 0. The molecule has 1 fully saturated rings. The first-order valence-corrected chi connectivity index (χ1v) is 8.79. The highest BCUT2D eigenvalue weighted by molar-refractivity contribution is 5.92. The minimum atomic E-state index is -1.17. The summed E-state index contributed by atoms with van der Waals surface area (Å²) >= 11 is 0. The summed E-state index contributed by atoms with van der Waals surface area (Å²) in [6.45, 7) is 2.51. The predicted octanol–water partition coefficient (Wildman–Crippen LogP) is 1.90. The summed E-state index contributed by atoms with van der Waals surface area (Å²) in [6, 6.07) is 7.79. The van der Waals surface area contributed by atoms with Gasteiger partial charge < -0.3 is 25.1 Å². The van der Waals surface area contributed by atoms with Crippen molar-refractivity contribution in [3.05, 3.63) is 30.3 Å². The van der Waals surface area contributed by atoms with Crippen LogP contribution < -0.4 is 9.80 Å². The van der Waals surface area contributed by atoms with E-state index in [0.717, 1.165) is 4.90 Å². The molecule has 10 heteroatoms. The van der Waals surface area contributed by atoms with Crippen LogP contribution >= 0.6 is 0 Å². The van der Waals surface area contributed by atoms with E-state index in [1.54, 1.807) is 24.3 Å². The minimum Gasteiger partial charge on any atom is -0.507 e. The summed E-state index contributed by atoms with van der Waals surface area (Å²) in [6.07, 6.45) is -2.20. The van der Waals surface area contributed by atoms with Crippen molar-refractivity contribution in [2.75, 3.05) is 29.4 Å². The summed E-state index contributed by atoms with van der Waals surface area (Å²) < 4.78 is 0. The molecule has 2 aliphatic rings. The van der Waals surface area contributed by atoms with E-state index in [1.807, 2.05) is 11.8 Å². The van der Waals surface area contributed by atoms with Gasteiger partial charge in [-0.2, -0.15) is 0 Å². The Bertz CT molecular complexity index is 952. The molecule has 0 unspecified atom stereocenters. The Morgan fingerprint density at radius 2 is 1.82 bits per heavy atom. The molecule has 1 aromatic carbocycles. The molecule has 2 aliphatic heterocycles. The summed E-state index contributed by atoms with van der Waals surface area (Å²) in [5, 5.41) is 37.4. The molecule has 0 bridgehead atoms. The maximum absolute atomic E-state index is 11.8. The van der Waals surface area contributed by atoms with Gasteiger partial charge in [-0.05, 0) is 25.1 Å². The Balaban J connectivity index is 1.80. The van der Waals surface area contributed by atoms with Crippen LogP contribution in [0.5, 0.6) is 5.75 Å². The van der Waals surface area contributed by atoms with Crippen LogP contribution in [0.25, 0.3) is 11.3 Å². The first-order valence-electron chi connectivity index (χ1n) is 8.79. The highest BCUT2D eigenvalue weighted by Crippen LogP contribution is 2.39. The lowest BCUT2D eigenvalue weighted by Gasteiger charge is -2.49. The van der Waals surface area contributed by atoms with Crippen molar-refractivity contribution in [3.63, 3.8) is 0 Å². The molecule has 3 heterocycles. The number of rotatable bonds is 1. The van der Waals surface area contributed by atoms with Crippen molar-refractivity contribution in [1.82, 2.24) is 15.1 Å². The fraction of sp³-hybridized carbons (Fsp3) is 0.333. The van der Waals surface area contributed by atoms with Crippen LogP contribution in [-0.2, 0) is 0 Å². The van der Waals surface area contributed by atoms with E-state index in [2.05, 4.69) is 10.2 Å². The standard InChI is InChI=1S/C18H19N5O5/c1-10-7-22-11(8-21(10)17(25)26)9-23(18(27)28)16-14(22)6-13(19-20-16)12-4-2-3-5-15(12)24/h2-6,10-11,24H,7-9H2,1H3,(H,25,26)(H,27,28)/t10-,11+/m0/s1. The van der Waals surface area contributed by atoms with E-state index in [1.165, 1.54) is 11.0 Å². The molecule has 0 saturated carbocycles. The van der Waals surface area contributed by atoms with Gasteiger partial charge in [-0.15, -0.1) is 10.2 Å². The Morgan fingerprint density at radius 3 is 2.50 bits per heavy atom. The normalized spacial score (nSPS) is 21.1. The molecule has 10 nitrogen and oxygen atoms in total. The number of carboxylic acid groups (broad SMARTS) is 2. The van der Waals surface area contributed by atoms with Gasteiger partial charge in [-0.1, -0.05) is 12.1 Å². The van der Waals surface area contributed by atoms with E-state index in [0.29, 0.717) is 23.5 Å². The van der Waals surface area contributed by atoms with Gasteiger partial charge >= 0.3 is 12.2 Å². The van der Waals surface area contributed by atoms with Gasteiger partial charge in [0.1, 0.15) is 5.75 Å². The lowest BCUT2D eigenvalue weighted by molar-refractivity contribution is 0.112. The third kappa shape index (κ3) is 2.82. The molecule has 2 atom stereocenters. The summed E-state index contributed by atoms with van der Waals surface area (Å²) in [5.41, 5.74) is 1.46. The largest absolute Gasteiger partial charge is 0.507 e. The summed E-state index contributed by atoms with van der Waals surface area (Å²) in [4.78, 5) is 27.7. The average Bonchev–Trinajstić information content (AvgIpc) is 2.66. The molecule has 0 aliphatic carbocycles. The lowest BCUT2D eigenvalue weighted by atomic mass is 10.0. The van der Waals surface area contributed by atoms with E-state index in [9.17, 15) is 24.9 Å². The van der Waals surface area contributed by atoms with Crippen LogP contribution in [0.4, 0.5) is 21.1 Å². The van der Waals surface area contributed by atoms with E-state index >= 15 is 0 Å². The predicted molar refractivity (Wildman–Crippen MR) is 99.8 cm³/mol. The first-order chi connectivity index (χ1) is 13.4. The third-order valence-electron chi connectivity index (χ3n) is 5.21. The second-order valence-corrected chi connectivity index (χ2v) is 6.94. The molecule has 146 valence electrons. The van der Waals surface area contributed by atoms with Gasteiger partial charge in [0.2, 0.25) is 0 Å². The van der Waals surface area contributed by atoms with Gasteiger partial charge in [0.05, 0.1) is 24.0 Å². The van der Waals surface area contributed by atoms with Crippen molar-refractivity contribution in [3.8, 4) is 17.0 Å². The van der Waals surface area contributed by atoms with Crippen LogP contribution in [0.1, 0.15) is 6.92 Å². The summed E-state index contributed by atoms with van der Waals surface area (Å²) in [5.74, 6) is 0.252. The number of phenolic OH excluding ortho intramolecular Hbond substituents is 1. The van der Waals surface area contributed by atoms with Crippen molar-refractivity contribution >= 4 is 23.7 Å².